The number of aliphatic imine (C=N–C) groups is 1. The molecule has 194 valence electrons. The number of aliphatic carboxylic acids is 2. The van der Waals surface area contributed by atoms with E-state index in [1.165, 1.54) is 7.05 Å². The summed E-state index contributed by atoms with van der Waals surface area (Å²) in [6, 6.07) is -2.07. The van der Waals surface area contributed by atoms with Crippen LogP contribution < -0.4 is 32.7 Å². The van der Waals surface area contributed by atoms with Gasteiger partial charge in [-0.3, -0.25) is 4.79 Å². The van der Waals surface area contributed by atoms with Gasteiger partial charge in [-0.1, -0.05) is 13.8 Å². The van der Waals surface area contributed by atoms with Crippen LogP contribution in [0.15, 0.2) is 4.99 Å². The summed E-state index contributed by atoms with van der Waals surface area (Å²) in [5.41, 5.74) is 10.4. The second-order valence-electron chi connectivity index (χ2n) is 6.16. The summed E-state index contributed by atoms with van der Waals surface area (Å²) in [6.07, 6.45) is 4.01. The fraction of sp³-hybridized carbons (Fsp3) is 0.737. The number of carbonyl (C=O) groups excluding carboxylic acids is 1. The largest absolute Gasteiger partial charge is 0.480 e. The number of carboxylic acids is 2. The third-order valence-corrected chi connectivity index (χ3v) is 4.17. The number of nitrogens with zero attached hydrogens (tertiary/aromatic N) is 1. The van der Waals surface area contributed by atoms with Gasteiger partial charge in [0.15, 0.2) is 5.11 Å². The van der Waals surface area contributed by atoms with E-state index in [1.54, 1.807) is 14.1 Å². The molecule has 0 radical (unpaired) electrons. The molecule has 0 aromatic carbocycles. The number of thiocarbonyl (C=S) groups is 2. The monoisotopic (exact) mass is 511 g/mol. The Morgan fingerprint density at radius 1 is 1.03 bits per heavy atom. The first-order valence-electron chi connectivity index (χ1n) is 9.92. The molecule has 0 aliphatic heterocycles. The minimum atomic E-state index is -1.03. The number of nitrogens with two attached hydrogens (primary N) is 2. The van der Waals surface area contributed by atoms with E-state index in [9.17, 15) is 14.4 Å². The average Bonchev–Trinajstić information content (AvgIpc) is 2.77. The molecule has 0 rings (SSSR count). The quantitative estimate of drug-likeness (QED) is 0.103. The van der Waals surface area contributed by atoms with Gasteiger partial charge in [0, 0.05) is 27.7 Å². The SMILES string of the molecule is C.CN=C=S.CNC(=O)NC(CCCCNC(=S)NC)C(=O)O.NCCCCC(N)C(=O)O. The zero-order valence-corrected chi connectivity index (χ0v) is 20.5. The minimum Gasteiger partial charge on any atom is -0.480 e. The van der Waals surface area contributed by atoms with Gasteiger partial charge < -0.3 is 42.9 Å². The lowest BCUT2D eigenvalue weighted by atomic mass is 10.1. The molecule has 33 heavy (non-hydrogen) atoms. The van der Waals surface area contributed by atoms with E-state index in [4.69, 9.17) is 33.9 Å². The lowest BCUT2D eigenvalue weighted by molar-refractivity contribution is -0.140. The highest BCUT2D eigenvalue weighted by molar-refractivity contribution is 7.80. The van der Waals surface area contributed by atoms with Crippen molar-refractivity contribution >= 4 is 52.7 Å². The molecule has 0 aromatic rings. The predicted molar refractivity (Wildman–Crippen MR) is 139 cm³/mol. The molecule has 10 N–H and O–H groups in total. The molecule has 0 spiro atoms. The van der Waals surface area contributed by atoms with Gasteiger partial charge in [0.25, 0.3) is 0 Å². The van der Waals surface area contributed by atoms with Crippen LogP contribution in [0, 0.1) is 0 Å². The number of nitrogens with one attached hydrogen (secondary N) is 4. The Labute approximate surface area is 207 Å². The molecule has 2 amide bonds. The molecule has 0 fully saturated rings. The standard InChI is InChI=1S/C10H20N4O3S.C6H14N2O2.C2H3NS.CH4/c1-11-9(17)14-7(8(15)16)5-3-4-6-13-10(18)12-2;7-4-2-1-3-5(8)6(9)10;1-3-2-4;/h7H,3-6H2,1-2H3,(H,15,16)(H2,11,14,17)(H2,12,13,18);5H,1-4,7-8H2,(H,9,10);1H3;1H4. The number of carbonyl (C=O) groups is 3. The first-order valence-corrected chi connectivity index (χ1v) is 10.7. The summed E-state index contributed by atoms with van der Waals surface area (Å²) in [6.45, 7) is 1.28. The fourth-order valence-electron chi connectivity index (χ4n) is 1.88. The second-order valence-corrected chi connectivity index (χ2v) is 6.75. The number of amides is 2. The highest BCUT2D eigenvalue weighted by atomic mass is 32.1. The van der Waals surface area contributed by atoms with Crippen LogP contribution in [0.2, 0.25) is 0 Å². The van der Waals surface area contributed by atoms with Crippen LogP contribution >= 0.6 is 24.4 Å². The molecule has 0 aromatic heterocycles. The van der Waals surface area contributed by atoms with Gasteiger partial charge in [-0.25, -0.2) is 14.6 Å². The average molecular weight is 512 g/mol. The molecule has 14 heteroatoms. The molecule has 0 bridgehead atoms. The molecule has 0 saturated carbocycles. The van der Waals surface area contributed by atoms with Crippen LogP contribution in [0.5, 0.6) is 0 Å². The van der Waals surface area contributed by atoms with E-state index in [0.717, 1.165) is 19.3 Å². The summed E-state index contributed by atoms with van der Waals surface area (Å²) < 4.78 is 0. The summed E-state index contributed by atoms with van der Waals surface area (Å²) in [5.74, 6) is -1.96. The first-order chi connectivity index (χ1) is 15.1. The van der Waals surface area contributed by atoms with Crippen molar-refractivity contribution in [2.75, 3.05) is 34.2 Å². The van der Waals surface area contributed by atoms with Crippen LogP contribution in [0.1, 0.15) is 46.0 Å². The van der Waals surface area contributed by atoms with Gasteiger partial charge in [-0.05, 0) is 63.1 Å². The Balaban J connectivity index is -0.000000236. The fourth-order valence-corrected chi connectivity index (χ4v) is 1.99. The zero-order chi connectivity index (χ0) is 25.4. The number of rotatable bonds is 12. The van der Waals surface area contributed by atoms with Crippen molar-refractivity contribution in [2.24, 2.45) is 16.5 Å². The predicted octanol–water partition coefficient (Wildman–Crippen LogP) is 0.515. The van der Waals surface area contributed by atoms with E-state index in [0.29, 0.717) is 37.5 Å². The van der Waals surface area contributed by atoms with Crippen molar-refractivity contribution < 1.29 is 24.6 Å². The molecule has 0 saturated heterocycles. The van der Waals surface area contributed by atoms with Gasteiger partial charge >= 0.3 is 18.0 Å². The van der Waals surface area contributed by atoms with Crippen LogP contribution in [-0.2, 0) is 9.59 Å². The maximum atomic E-state index is 11.0. The Kier molecular flexibility index (Phi) is 31.8. The van der Waals surface area contributed by atoms with Crippen molar-refractivity contribution in [3.8, 4) is 0 Å². The van der Waals surface area contributed by atoms with E-state index in [1.807, 2.05) is 0 Å². The smallest absolute Gasteiger partial charge is 0.326 e. The third kappa shape index (κ3) is 29.6. The summed E-state index contributed by atoms with van der Waals surface area (Å²) in [5, 5.41) is 30.4. The van der Waals surface area contributed by atoms with Crippen LogP contribution in [0.25, 0.3) is 0 Å². The molecule has 0 aliphatic carbocycles. The summed E-state index contributed by atoms with van der Waals surface area (Å²) in [4.78, 5) is 35.3. The normalized spacial score (nSPS) is 10.6. The van der Waals surface area contributed by atoms with Crippen LogP contribution in [0.3, 0.4) is 0 Å². The lowest BCUT2D eigenvalue weighted by Crippen LogP contribution is -2.44. The van der Waals surface area contributed by atoms with Gasteiger partial charge in [-0.2, -0.15) is 0 Å². The number of hydrogen-bond donors (Lipinski definition) is 8. The molecule has 0 aliphatic rings. The Bertz CT molecular complexity index is 591. The van der Waals surface area contributed by atoms with Crippen LogP contribution in [-0.4, -0.2) is 84.8 Å². The van der Waals surface area contributed by atoms with Gasteiger partial charge in [-0.15, -0.1) is 0 Å². The van der Waals surface area contributed by atoms with Gasteiger partial charge in [0.05, 0.1) is 5.16 Å². The number of carboxylic acid groups (broad SMARTS) is 2. The summed E-state index contributed by atoms with van der Waals surface area (Å²) >= 11 is 9.03. The van der Waals surface area contributed by atoms with Gasteiger partial charge in [0.1, 0.15) is 12.1 Å². The Morgan fingerprint density at radius 3 is 1.97 bits per heavy atom. The highest BCUT2D eigenvalue weighted by Crippen LogP contribution is 2.01. The molecule has 2 unspecified atom stereocenters. The van der Waals surface area contributed by atoms with Crippen molar-refractivity contribution in [1.29, 1.82) is 0 Å². The van der Waals surface area contributed by atoms with Gasteiger partial charge in [0.2, 0.25) is 0 Å². The number of hydrogen-bond acceptors (Lipinski definition) is 8. The Morgan fingerprint density at radius 2 is 1.58 bits per heavy atom. The van der Waals surface area contributed by atoms with Crippen molar-refractivity contribution in [1.82, 2.24) is 21.3 Å². The molecular weight excluding hydrogens is 470 g/mol. The summed E-state index contributed by atoms with van der Waals surface area (Å²) in [7, 11) is 4.76. The molecule has 12 nitrogen and oxygen atoms in total. The molecule has 0 heterocycles. The Hall–Kier alpha value is -2.38. The van der Waals surface area contributed by atoms with Crippen molar-refractivity contribution in [2.45, 2.75) is 58.0 Å². The maximum absolute atomic E-state index is 11.0. The topological polar surface area (TPSA) is 204 Å². The number of isothiocyanates is 1. The van der Waals surface area contributed by atoms with Crippen molar-refractivity contribution in [3.05, 3.63) is 0 Å². The van der Waals surface area contributed by atoms with E-state index >= 15 is 0 Å². The maximum Gasteiger partial charge on any atom is 0.326 e. The highest BCUT2D eigenvalue weighted by Gasteiger charge is 2.18. The molecular formula is C19H41N7O5S2. The minimum absolute atomic E-state index is 0. The molecule has 2 atom stereocenters. The lowest BCUT2D eigenvalue weighted by Gasteiger charge is -2.14. The van der Waals surface area contributed by atoms with E-state index < -0.39 is 30.1 Å². The number of unbranched alkanes of at least 4 members (excludes halogenated alkanes) is 2. The number of urea groups is 1. The van der Waals surface area contributed by atoms with Crippen LogP contribution in [0.4, 0.5) is 4.79 Å². The first kappa shape index (κ1) is 37.9. The second kappa shape index (κ2) is 27.7. The van der Waals surface area contributed by atoms with E-state index in [-0.39, 0.29) is 7.43 Å². The third-order valence-electron chi connectivity index (χ3n) is 3.64. The van der Waals surface area contributed by atoms with Crippen molar-refractivity contribution in [3.63, 3.8) is 0 Å². The van der Waals surface area contributed by atoms with E-state index in [2.05, 4.69) is 43.6 Å². The zero-order valence-electron chi connectivity index (χ0n) is 18.8.